The number of methoxy groups -OCH3 is 1. The third-order valence-electron chi connectivity index (χ3n) is 5.86. The third kappa shape index (κ3) is 5.56. The molecule has 37 heavy (non-hydrogen) atoms. The van der Waals surface area contributed by atoms with E-state index >= 15 is 0 Å². The lowest BCUT2D eigenvalue weighted by Crippen LogP contribution is -2.36. The quantitative estimate of drug-likeness (QED) is 0.269. The van der Waals surface area contributed by atoms with Crippen molar-refractivity contribution in [2.75, 3.05) is 27.4 Å². The second-order valence-electron chi connectivity index (χ2n) is 7.95. The Morgan fingerprint density at radius 3 is 2.16 bits per heavy atom. The van der Waals surface area contributed by atoms with Crippen LogP contribution in [-0.4, -0.2) is 53.3 Å². The van der Waals surface area contributed by atoms with Crippen LogP contribution >= 0.6 is 0 Å². The second-order valence-corrected chi connectivity index (χ2v) is 9.34. The van der Waals surface area contributed by atoms with Crippen LogP contribution in [0, 0.1) is 10.1 Å². The fraction of sp³-hybridized carbons (Fsp3) is 0.308. The third-order valence-corrected chi connectivity index (χ3v) is 7.40. The number of carbonyl (C=O) groups excluding carboxylic acids is 2. The maximum atomic E-state index is 13.9. The molecule has 2 aromatic carbocycles. The number of nitro groups is 1. The molecule has 0 bridgehead atoms. The molecular formula is C26H28N2O8S. The lowest BCUT2D eigenvalue weighted by Gasteiger charge is -2.36. The monoisotopic (exact) mass is 528 g/mol. The Morgan fingerprint density at radius 1 is 1.03 bits per heavy atom. The van der Waals surface area contributed by atoms with Gasteiger partial charge in [0.15, 0.2) is 0 Å². The summed E-state index contributed by atoms with van der Waals surface area (Å²) in [6.07, 6.45) is 0. The molecule has 2 atom stereocenters. The molecule has 0 saturated heterocycles. The molecule has 0 fully saturated rings. The van der Waals surface area contributed by atoms with Crippen molar-refractivity contribution in [2.24, 2.45) is 0 Å². The van der Waals surface area contributed by atoms with Gasteiger partial charge < -0.3 is 19.1 Å². The topological polar surface area (TPSA) is 125 Å². The number of non-ortho nitro benzene ring substituents is 1. The SMILES string of the molecule is CCOC(=O)C1=C(C)N(C)C(S(=O)c2ccc(OC)cc2)=C(C(=O)OCC)C1c1cccc([N+](=O)[O-])c1. The van der Waals surface area contributed by atoms with Gasteiger partial charge in [-0.05, 0) is 50.6 Å². The van der Waals surface area contributed by atoms with Crippen molar-refractivity contribution in [3.05, 3.63) is 86.1 Å². The maximum absolute atomic E-state index is 13.9. The zero-order valence-electron chi connectivity index (χ0n) is 21.2. The van der Waals surface area contributed by atoms with Crippen LogP contribution in [0.1, 0.15) is 32.3 Å². The average molecular weight is 529 g/mol. The van der Waals surface area contributed by atoms with Crippen LogP contribution in [0.3, 0.4) is 0 Å². The van der Waals surface area contributed by atoms with E-state index in [1.165, 1.54) is 30.2 Å². The molecule has 1 aliphatic rings. The number of nitrogens with zero attached hydrogens (tertiary/aromatic N) is 2. The summed E-state index contributed by atoms with van der Waals surface area (Å²) in [6, 6.07) is 12.1. The van der Waals surface area contributed by atoms with Gasteiger partial charge in [-0.25, -0.2) is 13.8 Å². The summed E-state index contributed by atoms with van der Waals surface area (Å²) in [5.41, 5.74) is 0.492. The van der Waals surface area contributed by atoms with Crippen LogP contribution < -0.4 is 4.74 Å². The Morgan fingerprint density at radius 2 is 1.62 bits per heavy atom. The number of rotatable bonds is 9. The van der Waals surface area contributed by atoms with E-state index in [0.29, 0.717) is 16.3 Å². The van der Waals surface area contributed by atoms with Crippen molar-refractivity contribution in [3.63, 3.8) is 0 Å². The molecule has 0 spiro atoms. The van der Waals surface area contributed by atoms with Crippen molar-refractivity contribution in [3.8, 4) is 5.75 Å². The average Bonchev–Trinajstić information content (AvgIpc) is 2.89. The molecule has 1 aliphatic heterocycles. The number of nitro benzene ring substituents is 1. The first-order valence-electron chi connectivity index (χ1n) is 11.5. The van der Waals surface area contributed by atoms with Gasteiger partial charge in [0.25, 0.3) is 5.69 Å². The first kappa shape index (κ1) is 27.6. The number of benzene rings is 2. The summed E-state index contributed by atoms with van der Waals surface area (Å²) < 4.78 is 29.8. The predicted octanol–water partition coefficient (Wildman–Crippen LogP) is 4.05. The van der Waals surface area contributed by atoms with Gasteiger partial charge in [0.05, 0.1) is 42.3 Å². The van der Waals surface area contributed by atoms with Crippen molar-refractivity contribution in [1.82, 2.24) is 4.90 Å². The van der Waals surface area contributed by atoms with Crippen LogP contribution in [0.4, 0.5) is 5.69 Å². The number of allylic oxidation sites excluding steroid dienone is 1. The van der Waals surface area contributed by atoms with E-state index in [0.717, 1.165) is 0 Å². The number of hydrogen-bond donors (Lipinski definition) is 0. The van der Waals surface area contributed by atoms with Crippen molar-refractivity contribution in [2.45, 2.75) is 31.6 Å². The normalized spacial score (nSPS) is 16.4. The van der Waals surface area contributed by atoms with E-state index in [-0.39, 0.29) is 40.6 Å². The van der Waals surface area contributed by atoms with Gasteiger partial charge >= 0.3 is 11.9 Å². The van der Waals surface area contributed by atoms with Crippen molar-refractivity contribution >= 4 is 28.4 Å². The van der Waals surface area contributed by atoms with Gasteiger partial charge in [0.2, 0.25) is 0 Å². The zero-order valence-corrected chi connectivity index (χ0v) is 22.0. The minimum absolute atomic E-state index is 0.0214. The minimum atomic E-state index is -1.90. The Balaban J connectivity index is 2.36. The maximum Gasteiger partial charge on any atom is 0.337 e. The fourth-order valence-corrected chi connectivity index (χ4v) is 5.46. The van der Waals surface area contributed by atoms with E-state index in [1.54, 1.807) is 58.2 Å². The molecule has 2 aromatic rings. The van der Waals surface area contributed by atoms with Crippen LogP contribution in [0.15, 0.2) is 75.3 Å². The lowest BCUT2D eigenvalue weighted by atomic mass is 9.81. The summed E-state index contributed by atoms with van der Waals surface area (Å²) in [4.78, 5) is 39.5. The van der Waals surface area contributed by atoms with Gasteiger partial charge in [0.1, 0.15) is 21.6 Å². The van der Waals surface area contributed by atoms with Gasteiger partial charge in [-0.3, -0.25) is 10.1 Å². The van der Waals surface area contributed by atoms with E-state index < -0.39 is 33.6 Å². The Hall–Kier alpha value is -3.99. The molecule has 0 saturated carbocycles. The Labute approximate surface area is 217 Å². The molecule has 0 aliphatic carbocycles. The van der Waals surface area contributed by atoms with E-state index in [4.69, 9.17) is 14.2 Å². The molecule has 0 amide bonds. The number of esters is 2. The van der Waals surface area contributed by atoms with Gasteiger partial charge in [-0.2, -0.15) is 0 Å². The van der Waals surface area contributed by atoms with Crippen LogP contribution in [-0.2, 0) is 29.9 Å². The predicted molar refractivity (Wildman–Crippen MR) is 136 cm³/mol. The molecular weight excluding hydrogens is 500 g/mol. The first-order chi connectivity index (χ1) is 17.7. The van der Waals surface area contributed by atoms with Crippen LogP contribution in [0.2, 0.25) is 0 Å². The largest absolute Gasteiger partial charge is 0.497 e. The van der Waals surface area contributed by atoms with Crippen LogP contribution in [0.25, 0.3) is 0 Å². The Kier molecular flexibility index (Phi) is 8.82. The summed E-state index contributed by atoms with van der Waals surface area (Å²) in [6.45, 7) is 5.01. The van der Waals surface area contributed by atoms with Crippen molar-refractivity contribution < 1.29 is 32.9 Å². The highest BCUT2D eigenvalue weighted by molar-refractivity contribution is 7.89. The highest BCUT2D eigenvalue weighted by Gasteiger charge is 2.43. The molecule has 3 rings (SSSR count). The van der Waals surface area contributed by atoms with E-state index in [9.17, 15) is 23.9 Å². The molecule has 11 heteroatoms. The first-order valence-corrected chi connectivity index (χ1v) is 12.6. The Bertz CT molecular complexity index is 1300. The molecule has 196 valence electrons. The summed E-state index contributed by atoms with van der Waals surface area (Å²) in [7, 11) is 1.21. The standard InChI is InChI=1S/C26H28N2O8S/c1-6-35-25(29)21-16(3)27(4)24(37(33)20-13-11-19(34-5)12-14-20)23(26(30)36-7-2)22(21)17-9-8-10-18(15-17)28(31)32/h8-15,22H,6-7H2,1-5H3. The smallest absolute Gasteiger partial charge is 0.337 e. The fourth-order valence-electron chi connectivity index (χ4n) is 4.07. The van der Waals surface area contributed by atoms with E-state index in [2.05, 4.69) is 0 Å². The summed E-state index contributed by atoms with van der Waals surface area (Å²) >= 11 is 0. The van der Waals surface area contributed by atoms with Crippen molar-refractivity contribution in [1.29, 1.82) is 0 Å². The number of carbonyl (C=O) groups is 2. The molecule has 2 unspecified atom stereocenters. The minimum Gasteiger partial charge on any atom is -0.497 e. The van der Waals surface area contributed by atoms with Gasteiger partial charge in [-0.1, -0.05) is 12.1 Å². The molecule has 0 aromatic heterocycles. The van der Waals surface area contributed by atoms with Gasteiger partial charge in [-0.15, -0.1) is 0 Å². The summed E-state index contributed by atoms with van der Waals surface area (Å²) in [5, 5.41) is 11.6. The molecule has 0 radical (unpaired) electrons. The van der Waals surface area contributed by atoms with Crippen LogP contribution in [0.5, 0.6) is 5.75 Å². The number of hydrogen-bond acceptors (Lipinski definition) is 9. The molecule has 1 heterocycles. The van der Waals surface area contributed by atoms with Gasteiger partial charge in [0, 0.05) is 29.8 Å². The summed E-state index contributed by atoms with van der Waals surface area (Å²) in [5.74, 6) is -2.05. The molecule has 10 nitrogen and oxygen atoms in total. The zero-order chi connectivity index (χ0) is 27.3. The highest BCUT2D eigenvalue weighted by Crippen LogP contribution is 2.44. The number of ether oxygens (including phenoxy) is 3. The highest BCUT2D eigenvalue weighted by atomic mass is 32.2. The lowest BCUT2D eigenvalue weighted by molar-refractivity contribution is -0.384. The van der Waals surface area contributed by atoms with E-state index in [1.807, 2.05) is 0 Å². The second kappa shape index (κ2) is 11.8. The molecule has 0 N–H and O–H groups in total.